The molecular weight excluding hydrogens is 382 g/mol. The minimum atomic E-state index is -3.84. The van der Waals surface area contributed by atoms with E-state index < -0.39 is 21.6 Å². The highest BCUT2D eigenvalue weighted by atomic mass is 35.5. The Bertz CT molecular complexity index is 1070. The van der Waals surface area contributed by atoms with Gasteiger partial charge in [0.1, 0.15) is 11.5 Å². The lowest BCUT2D eigenvalue weighted by molar-refractivity contribution is 0.447. The molecule has 0 aliphatic heterocycles. The molecule has 3 rings (SSSR count). The number of hydrogen-bond acceptors (Lipinski definition) is 5. The number of ether oxygens (including phenoxy) is 1. The maximum absolute atomic E-state index is 12.3. The van der Waals surface area contributed by atoms with Crippen LogP contribution in [0.2, 0.25) is 5.02 Å². The first-order valence-electron chi connectivity index (χ1n) is 7.37. The number of imidazole rings is 1. The maximum atomic E-state index is 12.3. The highest BCUT2D eigenvalue weighted by Gasteiger charge is 2.16. The van der Waals surface area contributed by atoms with Crippen LogP contribution in [-0.2, 0) is 16.6 Å². The summed E-state index contributed by atoms with van der Waals surface area (Å²) in [7, 11) is -3.84. The molecule has 26 heavy (non-hydrogen) atoms. The number of nitrogens with one attached hydrogen (secondary N) is 3. The third kappa shape index (κ3) is 4.07. The third-order valence-electron chi connectivity index (χ3n) is 3.42. The molecule has 1 heterocycles. The van der Waals surface area contributed by atoms with Crippen molar-refractivity contribution in [3.63, 3.8) is 0 Å². The zero-order chi connectivity index (χ0) is 18.7. The second-order valence-corrected chi connectivity index (χ2v) is 7.41. The zero-order valence-corrected chi connectivity index (χ0v) is 14.8. The van der Waals surface area contributed by atoms with E-state index in [-0.39, 0.29) is 17.1 Å². The van der Waals surface area contributed by atoms with Gasteiger partial charge in [0, 0.05) is 0 Å². The fourth-order valence-corrected chi connectivity index (χ4v) is 3.30. The molecule has 136 valence electrons. The monoisotopic (exact) mass is 395 g/mol. The van der Waals surface area contributed by atoms with E-state index in [0.29, 0.717) is 16.5 Å². The first-order chi connectivity index (χ1) is 12.3. The molecule has 0 aliphatic carbocycles. The van der Waals surface area contributed by atoms with Crippen molar-refractivity contribution in [1.82, 2.24) is 14.7 Å². The van der Waals surface area contributed by atoms with Crippen LogP contribution in [0.5, 0.6) is 17.4 Å². The van der Waals surface area contributed by atoms with Crippen LogP contribution in [-0.4, -0.2) is 23.5 Å². The number of halogens is 1. The molecule has 0 radical (unpaired) electrons. The highest BCUT2D eigenvalue weighted by molar-refractivity contribution is 7.89. The molecule has 1 aromatic heterocycles. The summed E-state index contributed by atoms with van der Waals surface area (Å²) in [5, 5.41) is 9.89. The number of rotatable bonds is 6. The van der Waals surface area contributed by atoms with Crippen molar-refractivity contribution in [2.24, 2.45) is 0 Å². The van der Waals surface area contributed by atoms with Crippen LogP contribution >= 0.6 is 11.6 Å². The average Bonchev–Trinajstić information content (AvgIpc) is 2.93. The maximum Gasteiger partial charge on any atom is 0.326 e. The van der Waals surface area contributed by atoms with E-state index in [0.717, 1.165) is 0 Å². The molecule has 0 amide bonds. The van der Waals surface area contributed by atoms with Gasteiger partial charge >= 0.3 is 5.69 Å². The molecule has 10 heteroatoms. The Morgan fingerprint density at radius 2 is 1.77 bits per heavy atom. The lowest BCUT2D eigenvalue weighted by atomic mass is 10.3. The molecule has 0 fully saturated rings. The van der Waals surface area contributed by atoms with Crippen molar-refractivity contribution in [3.8, 4) is 17.4 Å². The van der Waals surface area contributed by atoms with Gasteiger partial charge in [0.15, 0.2) is 0 Å². The number of para-hydroxylation sites is 1. The normalized spacial score (nSPS) is 11.4. The van der Waals surface area contributed by atoms with Gasteiger partial charge in [-0.25, -0.2) is 17.9 Å². The molecular formula is C16H14ClN3O5S. The SMILES string of the molecule is O=c1[nH]c(O)c(CNS(=O)(=O)c2ccc(Oc3ccccc3Cl)cc2)[nH]1. The van der Waals surface area contributed by atoms with Gasteiger partial charge in [-0.2, -0.15) is 0 Å². The Hall–Kier alpha value is -2.75. The third-order valence-corrected chi connectivity index (χ3v) is 5.15. The van der Waals surface area contributed by atoms with E-state index in [4.69, 9.17) is 16.3 Å². The van der Waals surface area contributed by atoms with Crippen molar-refractivity contribution in [2.75, 3.05) is 0 Å². The summed E-state index contributed by atoms with van der Waals surface area (Å²) in [4.78, 5) is 15.4. The first-order valence-corrected chi connectivity index (χ1v) is 9.23. The average molecular weight is 396 g/mol. The van der Waals surface area contributed by atoms with Crippen LogP contribution in [0.15, 0.2) is 58.2 Å². The highest BCUT2D eigenvalue weighted by Crippen LogP contribution is 2.29. The summed E-state index contributed by atoms with van der Waals surface area (Å²) in [6.45, 7) is -0.273. The summed E-state index contributed by atoms with van der Waals surface area (Å²) >= 11 is 6.01. The standard InChI is InChI=1S/C16H14ClN3O5S/c17-12-3-1-2-4-14(12)25-10-5-7-11(8-6-10)26(23,24)18-9-13-15(21)20-16(22)19-13/h1-8,18,21H,9H2,(H2,19,20,22). The summed E-state index contributed by atoms with van der Waals surface area (Å²) in [6.07, 6.45) is 0. The number of aromatic nitrogens is 2. The minimum absolute atomic E-state index is 0.00128. The second-order valence-electron chi connectivity index (χ2n) is 5.23. The van der Waals surface area contributed by atoms with Gasteiger partial charge in [-0.3, -0.25) is 4.98 Å². The lowest BCUT2D eigenvalue weighted by Gasteiger charge is -2.09. The predicted octanol–water partition coefficient (Wildman–Crippen LogP) is 2.33. The van der Waals surface area contributed by atoms with Crippen molar-refractivity contribution < 1.29 is 18.3 Å². The topological polar surface area (TPSA) is 124 Å². The molecule has 0 spiro atoms. The molecule has 8 nitrogen and oxygen atoms in total. The van der Waals surface area contributed by atoms with E-state index in [1.165, 1.54) is 24.3 Å². The van der Waals surface area contributed by atoms with Crippen LogP contribution in [0, 0.1) is 0 Å². The van der Waals surface area contributed by atoms with Crippen molar-refractivity contribution in [1.29, 1.82) is 0 Å². The van der Waals surface area contributed by atoms with Gasteiger partial charge in [-0.15, -0.1) is 0 Å². The molecule has 4 N–H and O–H groups in total. The number of sulfonamides is 1. The Morgan fingerprint density at radius 3 is 2.38 bits per heavy atom. The Kier molecular flexibility index (Phi) is 5.03. The van der Waals surface area contributed by atoms with Crippen molar-refractivity contribution in [3.05, 3.63) is 69.7 Å². The number of H-pyrrole nitrogens is 2. The van der Waals surface area contributed by atoms with Crippen molar-refractivity contribution in [2.45, 2.75) is 11.4 Å². The molecule has 0 saturated heterocycles. The van der Waals surface area contributed by atoms with Gasteiger partial charge in [-0.05, 0) is 36.4 Å². The van der Waals surface area contributed by atoms with Gasteiger partial charge in [-0.1, -0.05) is 23.7 Å². The van der Waals surface area contributed by atoms with Crippen LogP contribution in [0.4, 0.5) is 0 Å². The number of hydrogen-bond donors (Lipinski definition) is 4. The number of aromatic hydroxyl groups is 1. The van der Waals surface area contributed by atoms with Gasteiger partial charge in [0.05, 0.1) is 22.2 Å². The summed E-state index contributed by atoms with van der Waals surface area (Å²) < 4.78 is 32.5. The van der Waals surface area contributed by atoms with Crippen LogP contribution in [0.25, 0.3) is 0 Å². The van der Waals surface area contributed by atoms with Gasteiger partial charge in [0.2, 0.25) is 15.9 Å². The molecule has 0 saturated carbocycles. The summed E-state index contributed by atoms with van der Waals surface area (Å²) in [6, 6.07) is 12.6. The van der Waals surface area contributed by atoms with E-state index in [1.54, 1.807) is 24.3 Å². The summed E-state index contributed by atoms with van der Waals surface area (Å²) in [5.41, 5.74) is -0.588. The van der Waals surface area contributed by atoms with Gasteiger partial charge < -0.3 is 14.8 Å². The first kappa shape index (κ1) is 18.1. The molecule has 3 aromatic rings. The summed E-state index contributed by atoms with van der Waals surface area (Å²) in [5.74, 6) is 0.459. The largest absolute Gasteiger partial charge is 0.493 e. The quantitative estimate of drug-likeness (QED) is 0.510. The zero-order valence-electron chi connectivity index (χ0n) is 13.2. The van der Waals surface area contributed by atoms with E-state index in [1.807, 2.05) is 0 Å². The smallest absolute Gasteiger partial charge is 0.326 e. The van der Waals surface area contributed by atoms with Crippen LogP contribution in [0.3, 0.4) is 0 Å². The molecule has 0 aliphatic rings. The lowest BCUT2D eigenvalue weighted by Crippen LogP contribution is -2.23. The Morgan fingerprint density at radius 1 is 1.08 bits per heavy atom. The molecule has 2 aromatic carbocycles. The minimum Gasteiger partial charge on any atom is -0.493 e. The Balaban J connectivity index is 1.71. The number of benzene rings is 2. The fourth-order valence-electron chi connectivity index (χ4n) is 2.13. The van der Waals surface area contributed by atoms with E-state index in [2.05, 4.69) is 14.7 Å². The second kappa shape index (κ2) is 7.24. The van der Waals surface area contributed by atoms with E-state index >= 15 is 0 Å². The number of aromatic amines is 2. The van der Waals surface area contributed by atoms with Crippen molar-refractivity contribution >= 4 is 21.6 Å². The molecule has 0 atom stereocenters. The van der Waals surface area contributed by atoms with E-state index in [9.17, 15) is 18.3 Å². The molecule has 0 bridgehead atoms. The van der Waals surface area contributed by atoms with Crippen LogP contribution < -0.4 is 15.1 Å². The Labute approximate surface area is 153 Å². The van der Waals surface area contributed by atoms with Gasteiger partial charge in [0.25, 0.3) is 0 Å². The predicted molar refractivity (Wildman–Crippen MR) is 95.1 cm³/mol. The fraction of sp³-hybridized carbons (Fsp3) is 0.0625. The van der Waals surface area contributed by atoms with Crippen LogP contribution in [0.1, 0.15) is 5.69 Å². The molecule has 0 unspecified atom stereocenters.